The average Bonchev–Trinajstić information content (AvgIpc) is 2.79. The number of hydrogen-bond donors (Lipinski definition) is 0. The first kappa shape index (κ1) is 33.9. The van der Waals surface area contributed by atoms with Gasteiger partial charge in [0.1, 0.15) is 0 Å². The molecule has 0 atom stereocenters. The van der Waals surface area contributed by atoms with Gasteiger partial charge in [-0.25, -0.2) is 0 Å². The summed E-state index contributed by atoms with van der Waals surface area (Å²) in [7, 11) is 0. The molecule has 0 rings (SSSR count). The number of allylic oxidation sites excluding steroid dienone is 1. The van der Waals surface area contributed by atoms with Crippen molar-refractivity contribution in [1.29, 1.82) is 0 Å². The molecule has 0 aliphatic carbocycles. The minimum Gasteiger partial charge on any atom is -0.381 e. The summed E-state index contributed by atoms with van der Waals surface area (Å²) in [5.74, 6) is 0. The summed E-state index contributed by atoms with van der Waals surface area (Å²) >= 11 is 0. The van der Waals surface area contributed by atoms with Gasteiger partial charge in [0.2, 0.25) is 0 Å². The van der Waals surface area contributed by atoms with Gasteiger partial charge in [-0.15, -0.1) is 6.58 Å². The highest BCUT2D eigenvalue weighted by atomic mass is 16.5. The van der Waals surface area contributed by atoms with E-state index in [-0.39, 0.29) is 0 Å². The summed E-state index contributed by atoms with van der Waals surface area (Å²) in [4.78, 5) is 0. The van der Waals surface area contributed by atoms with Crippen molar-refractivity contribution in [2.24, 2.45) is 0 Å². The lowest BCUT2D eigenvalue weighted by atomic mass is 10.1. The zero-order valence-electron chi connectivity index (χ0n) is 23.1. The predicted molar refractivity (Wildman–Crippen MR) is 149 cm³/mol. The number of unbranched alkanes of at least 4 members (excludes halogenated alkanes) is 22. The summed E-state index contributed by atoms with van der Waals surface area (Å²) in [6, 6.07) is 0. The molecule has 1 heteroatoms. The summed E-state index contributed by atoms with van der Waals surface area (Å²) in [5, 5.41) is 0. The van der Waals surface area contributed by atoms with E-state index in [9.17, 15) is 0 Å². The fraction of sp³-hybridized carbons (Fsp3) is 0.935. The molecule has 0 amide bonds. The second-order valence-electron chi connectivity index (χ2n) is 9.80. The Labute approximate surface area is 205 Å². The molecule has 0 saturated heterocycles. The molecule has 0 aliphatic heterocycles. The van der Waals surface area contributed by atoms with E-state index >= 15 is 0 Å². The van der Waals surface area contributed by atoms with Gasteiger partial charge in [-0.3, -0.25) is 0 Å². The summed E-state index contributed by atoms with van der Waals surface area (Å²) in [6.07, 6.45) is 35.8. The topological polar surface area (TPSA) is 9.23 Å². The standard InChI is InChI=1S/C28H58O.C3H6/c1-3-5-7-9-11-13-15-17-19-21-23-25-27-29-28-26-24-22-20-18-16-14-12-10-8-6-4-2;1-3-2/h3-28H2,1-2H3;3H,1H2,2H3. The first-order valence-corrected chi connectivity index (χ1v) is 15.0. The maximum Gasteiger partial charge on any atom is 0.0466 e. The molecule has 194 valence electrons. The molecule has 1 nitrogen and oxygen atoms in total. The van der Waals surface area contributed by atoms with Gasteiger partial charge in [-0.2, -0.15) is 0 Å². The van der Waals surface area contributed by atoms with E-state index in [0.29, 0.717) is 0 Å². The first-order valence-electron chi connectivity index (χ1n) is 15.0. The van der Waals surface area contributed by atoms with Crippen LogP contribution in [0.1, 0.15) is 175 Å². The smallest absolute Gasteiger partial charge is 0.0466 e. The Hall–Kier alpha value is -0.300. The molecule has 0 bridgehead atoms. The summed E-state index contributed by atoms with van der Waals surface area (Å²) in [6.45, 7) is 11.8. The highest BCUT2D eigenvalue weighted by Gasteiger charge is 1.96. The third-order valence-corrected chi connectivity index (χ3v) is 6.28. The van der Waals surface area contributed by atoms with Gasteiger partial charge >= 0.3 is 0 Å². The number of rotatable bonds is 26. The maximum absolute atomic E-state index is 5.82. The van der Waals surface area contributed by atoms with Gasteiger partial charge in [-0.1, -0.05) is 161 Å². The molecule has 0 unspecified atom stereocenters. The molecule has 0 aromatic heterocycles. The van der Waals surface area contributed by atoms with E-state index in [1.165, 1.54) is 154 Å². The molecule has 0 heterocycles. The molecule has 0 radical (unpaired) electrons. The van der Waals surface area contributed by atoms with Gasteiger partial charge in [-0.05, 0) is 19.8 Å². The predicted octanol–water partition coefficient (Wildman–Crippen LogP) is 11.6. The minimum atomic E-state index is 0.995. The fourth-order valence-corrected chi connectivity index (χ4v) is 4.19. The molecule has 0 N–H and O–H groups in total. The monoisotopic (exact) mass is 452 g/mol. The molecule has 0 aromatic carbocycles. The Morgan fingerprint density at radius 1 is 0.406 bits per heavy atom. The minimum absolute atomic E-state index is 0.995. The van der Waals surface area contributed by atoms with Crippen molar-refractivity contribution in [2.45, 2.75) is 175 Å². The molecule has 0 fully saturated rings. The van der Waals surface area contributed by atoms with E-state index < -0.39 is 0 Å². The van der Waals surface area contributed by atoms with Crippen LogP contribution in [0.3, 0.4) is 0 Å². The summed E-state index contributed by atoms with van der Waals surface area (Å²) < 4.78 is 5.82. The van der Waals surface area contributed by atoms with Crippen LogP contribution >= 0.6 is 0 Å². The number of hydrogen-bond acceptors (Lipinski definition) is 1. The molecule has 0 saturated carbocycles. The van der Waals surface area contributed by atoms with E-state index in [1.54, 1.807) is 6.08 Å². The van der Waals surface area contributed by atoms with Crippen molar-refractivity contribution in [1.82, 2.24) is 0 Å². The Balaban J connectivity index is 0. The van der Waals surface area contributed by atoms with Crippen molar-refractivity contribution in [3.05, 3.63) is 12.7 Å². The van der Waals surface area contributed by atoms with E-state index in [2.05, 4.69) is 20.4 Å². The Kier molecular flexibility index (Phi) is 37.4. The van der Waals surface area contributed by atoms with Crippen LogP contribution in [0.4, 0.5) is 0 Å². The van der Waals surface area contributed by atoms with Gasteiger partial charge in [0.15, 0.2) is 0 Å². The Morgan fingerprint density at radius 2 is 0.594 bits per heavy atom. The highest BCUT2D eigenvalue weighted by molar-refractivity contribution is 4.52. The first-order chi connectivity index (χ1) is 15.8. The van der Waals surface area contributed by atoms with Crippen LogP contribution in [0.25, 0.3) is 0 Å². The van der Waals surface area contributed by atoms with Crippen LogP contribution in [-0.2, 0) is 4.74 Å². The molecule has 0 spiro atoms. The van der Waals surface area contributed by atoms with Crippen molar-refractivity contribution in [3.8, 4) is 0 Å². The van der Waals surface area contributed by atoms with Crippen molar-refractivity contribution in [2.75, 3.05) is 13.2 Å². The average molecular weight is 453 g/mol. The summed E-state index contributed by atoms with van der Waals surface area (Å²) in [5.41, 5.74) is 0. The Morgan fingerprint density at radius 3 is 0.812 bits per heavy atom. The highest BCUT2D eigenvalue weighted by Crippen LogP contribution is 2.13. The zero-order valence-corrected chi connectivity index (χ0v) is 23.1. The van der Waals surface area contributed by atoms with Crippen molar-refractivity contribution >= 4 is 0 Å². The Bertz CT molecular complexity index is 273. The van der Waals surface area contributed by atoms with Crippen LogP contribution in [0.15, 0.2) is 12.7 Å². The molecule has 0 aliphatic rings. The lowest BCUT2D eigenvalue weighted by Crippen LogP contribution is -1.97. The van der Waals surface area contributed by atoms with Crippen LogP contribution in [0.2, 0.25) is 0 Å². The molecule has 0 aromatic rings. The van der Waals surface area contributed by atoms with Gasteiger partial charge in [0, 0.05) is 13.2 Å². The lowest BCUT2D eigenvalue weighted by molar-refractivity contribution is 0.125. The third-order valence-electron chi connectivity index (χ3n) is 6.28. The lowest BCUT2D eigenvalue weighted by Gasteiger charge is -2.05. The van der Waals surface area contributed by atoms with Gasteiger partial charge < -0.3 is 4.74 Å². The fourth-order valence-electron chi connectivity index (χ4n) is 4.19. The number of ether oxygens (including phenoxy) is 1. The van der Waals surface area contributed by atoms with Crippen LogP contribution in [-0.4, -0.2) is 13.2 Å². The quantitative estimate of drug-likeness (QED) is 0.0936. The maximum atomic E-state index is 5.82. The molecule has 32 heavy (non-hydrogen) atoms. The second kappa shape index (κ2) is 35.3. The van der Waals surface area contributed by atoms with E-state index in [1.807, 2.05) is 6.92 Å². The zero-order chi connectivity index (χ0) is 23.8. The van der Waals surface area contributed by atoms with Crippen molar-refractivity contribution in [3.63, 3.8) is 0 Å². The third kappa shape index (κ3) is 37.0. The van der Waals surface area contributed by atoms with E-state index in [4.69, 9.17) is 4.74 Å². The van der Waals surface area contributed by atoms with Gasteiger partial charge in [0.25, 0.3) is 0 Å². The molecular weight excluding hydrogens is 388 g/mol. The van der Waals surface area contributed by atoms with Gasteiger partial charge in [0.05, 0.1) is 0 Å². The SMILES string of the molecule is C=CC.CCCCCCCCCCCCCCOCCCCCCCCCCCCCC. The van der Waals surface area contributed by atoms with Crippen LogP contribution in [0.5, 0.6) is 0 Å². The van der Waals surface area contributed by atoms with E-state index in [0.717, 1.165) is 13.2 Å². The van der Waals surface area contributed by atoms with Crippen LogP contribution in [0, 0.1) is 0 Å². The van der Waals surface area contributed by atoms with Crippen LogP contribution < -0.4 is 0 Å². The van der Waals surface area contributed by atoms with Crippen molar-refractivity contribution < 1.29 is 4.74 Å². The molecular formula is C31H64O. The normalized spacial score (nSPS) is 10.7. The second-order valence-corrected chi connectivity index (χ2v) is 9.80. The largest absolute Gasteiger partial charge is 0.381 e.